The van der Waals surface area contributed by atoms with Crippen LogP contribution in [-0.4, -0.2) is 73.4 Å². The van der Waals surface area contributed by atoms with Crippen LogP contribution in [-0.2, 0) is 18.4 Å². The number of nitrogens with one attached hydrogen (secondary N) is 1. The van der Waals surface area contributed by atoms with E-state index in [1.807, 2.05) is 21.1 Å². The first kappa shape index (κ1) is 30.5. The molecule has 8 nitrogen and oxygen atoms in total. The number of carbonyl (C=O) groups is 1. The zero-order valence-corrected chi connectivity index (χ0v) is 21.4. The maximum Gasteiger partial charge on any atom is 0.472 e. The highest BCUT2D eigenvalue weighted by Crippen LogP contribution is 2.43. The number of hydrogen-bond acceptors (Lipinski definition) is 5. The molecule has 0 aromatic rings. The fraction of sp³-hybridized carbons (Fsp3) is 0.955. The van der Waals surface area contributed by atoms with Crippen molar-refractivity contribution < 1.29 is 32.9 Å². The van der Waals surface area contributed by atoms with E-state index in [2.05, 4.69) is 19.2 Å². The largest absolute Gasteiger partial charge is 0.472 e. The molecule has 0 aliphatic heterocycles. The van der Waals surface area contributed by atoms with Crippen LogP contribution in [0.25, 0.3) is 0 Å². The number of hydrogen-bond donors (Lipinski definition) is 3. The first-order valence-electron chi connectivity index (χ1n) is 11.9. The van der Waals surface area contributed by atoms with E-state index in [0.717, 1.165) is 57.8 Å². The number of amides is 1. The average Bonchev–Trinajstić information content (AvgIpc) is 2.67. The monoisotopic (exact) mass is 467 g/mol. The Labute approximate surface area is 189 Å². The Morgan fingerprint density at radius 1 is 0.968 bits per heavy atom. The summed E-state index contributed by atoms with van der Waals surface area (Å²) in [7, 11) is 1.60. The Morgan fingerprint density at radius 3 is 2.13 bits per heavy atom. The van der Waals surface area contributed by atoms with Gasteiger partial charge in [0.05, 0.1) is 39.9 Å². The summed E-state index contributed by atoms with van der Waals surface area (Å²) in [5, 5.41) is 13.4. The second-order valence-electron chi connectivity index (χ2n) is 9.37. The molecule has 9 heteroatoms. The lowest BCUT2D eigenvalue weighted by atomic mass is 10.0. The summed E-state index contributed by atoms with van der Waals surface area (Å²) in [5.74, 6) is -0.173. The fourth-order valence-electron chi connectivity index (χ4n) is 3.04. The number of rotatable bonds is 20. The third kappa shape index (κ3) is 18.7. The molecule has 0 spiro atoms. The van der Waals surface area contributed by atoms with Crippen LogP contribution in [0.1, 0.15) is 84.5 Å². The van der Waals surface area contributed by atoms with Crippen molar-refractivity contribution >= 4 is 13.7 Å². The molecular formula is C22H48N2O6P+. The average molecular weight is 468 g/mol. The number of aliphatic hydroxyl groups is 1. The summed E-state index contributed by atoms with van der Waals surface area (Å²) in [6, 6.07) is -0.743. The SMILES string of the molecule is CCCCCCCC(O)C(COP(=O)(O)OCC[N+](C)(C)C)NC(=O)CCCCCC. The van der Waals surface area contributed by atoms with Crippen LogP contribution in [0.5, 0.6) is 0 Å². The summed E-state index contributed by atoms with van der Waals surface area (Å²) >= 11 is 0. The van der Waals surface area contributed by atoms with E-state index in [0.29, 0.717) is 23.9 Å². The highest BCUT2D eigenvalue weighted by Gasteiger charge is 2.28. The van der Waals surface area contributed by atoms with Crippen LogP contribution < -0.4 is 5.32 Å². The highest BCUT2D eigenvalue weighted by molar-refractivity contribution is 7.47. The van der Waals surface area contributed by atoms with Crippen LogP contribution in [0, 0.1) is 0 Å². The number of carbonyl (C=O) groups excluding carboxylic acids is 1. The molecule has 0 aromatic heterocycles. The van der Waals surface area contributed by atoms with E-state index in [9.17, 15) is 19.4 Å². The summed E-state index contributed by atoms with van der Waals surface area (Å²) in [6.07, 6.45) is 9.24. The van der Waals surface area contributed by atoms with Crippen LogP contribution in [0.4, 0.5) is 0 Å². The lowest BCUT2D eigenvalue weighted by molar-refractivity contribution is -0.870. The predicted molar refractivity (Wildman–Crippen MR) is 125 cm³/mol. The van der Waals surface area contributed by atoms with Crippen molar-refractivity contribution in [3.8, 4) is 0 Å². The van der Waals surface area contributed by atoms with Gasteiger partial charge in [-0.15, -0.1) is 0 Å². The third-order valence-electron chi connectivity index (χ3n) is 5.11. The van der Waals surface area contributed by atoms with Gasteiger partial charge < -0.3 is 19.8 Å². The topological polar surface area (TPSA) is 105 Å². The van der Waals surface area contributed by atoms with Gasteiger partial charge in [-0.3, -0.25) is 13.8 Å². The molecule has 0 bridgehead atoms. The Hall–Kier alpha value is -0.500. The predicted octanol–water partition coefficient (Wildman–Crippen LogP) is 4.00. The maximum absolute atomic E-state index is 12.3. The fourth-order valence-corrected chi connectivity index (χ4v) is 3.78. The van der Waals surface area contributed by atoms with Crippen molar-refractivity contribution in [2.24, 2.45) is 0 Å². The van der Waals surface area contributed by atoms with E-state index in [4.69, 9.17) is 9.05 Å². The molecule has 0 aromatic carbocycles. The normalized spacial score (nSPS) is 16.0. The molecule has 3 N–H and O–H groups in total. The minimum Gasteiger partial charge on any atom is -0.391 e. The van der Waals surface area contributed by atoms with Crippen LogP contribution >= 0.6 is 7.82 Å². The van der Waals surface area contributed by atoms with Gasteiger partial charge in [0.25, 0.3) is 0 Å². The molecule has 3 unspecified atom stereocenters. The molecule has 0 heterocycles. The maximum atomic E-state index is 12.3. The number of quaternary nitrogens is 1. The number of unbranched alkanes of at least 4 members (excludes halogenated alkanes) is 7. The molecule has 0 rings (SSSR count). The Morgan fingerprint density at radius 2 is 1.55 bits per heavy atom. The minimum absolute atomic E-state index is 0.0751. The van der Waals surface area contributed by atoms with Gasteiger partial charge in [-0.1, -0.05) is 65.2 Å². The second kappa shape index (κ2) is 17.0. The molecule has 0 aliphatic carbocycles. The van der Waals surface area contributed by atoms with Gasteiger partial charge in [0.2, 0.25) is 5.91 Å². The van der Waals surface area contributed by atoms with Gasteiger partial charge in [-0.2, -0.15) is 0 Å². The van der Waals surface area contributed by atoms with Gasteiger partial charge in [-0.25, -0.2) is 4.57 Å². The first-order chi connectivity index (χ1) is 14.5. The van der Waals surface area contributed by atoms with Crippen molar-refractivity contribution in [2.45, 2.75) is 96.6 Å². The molecule has 186 valence electrons. The van der Waals surface area contributed by atoms with E-state index >= 15 is 0 Å². The summed E-state index contributed by atoms with van der Waals surface area (Å²) < 4.78 is 22.9. The summed E-state index contributed by atoms with van der Waals surface area (Å²) in [4.78, 5) is 22.3. The standard InChI is InChI=1S/C22H47N2O6P/c1-6-8-10-12-13-15-21(25)20(23-22(26)16-14-11-9-7-2)19-30-31(27,28)29-18-17-24(3,4)5/h20-21,25H,6-19H2,1-5H3,(H-,23,26,27,28)/p+1. The van der Waals surface area contributed by atoms with E-state index in [-0.39, 0.29) is 19.1 Å². The molecule has 3 atom stereocenters. The minimum atomic E-state index is -4.26. The molecule has 0 radical (unpaired) electrons. The van der Waals surface area contributed by atoms with Crippen molar-refractivity contribution in [3.63, 3.8) is 0 Å². The number of nitrogens with zero attached hydrogens (tertiary/aromatic N) is 1. The number of phosphoric acid groups is 1. The van der Waals surface area contributed by atoms with Crippen molar-refractivity contribution in [2.75, 3.05) is 40.9 Å². The Balaban J connectivity index is 4.69. The van der Waals surface area contributed by atoms with Crippen LogP contribution in [0.15, 0.2) is 0 Å². The third-order valence-corrected chi connectivity index (χ3v) is 6.09. The van der Waals surface area contributed by atoms with Gasteiger partial charge in [-0.05, 0) is 12.8 Å². The lowest BCUT2D eigenvalue weighted by Gasteiger charge is -2.26. The van der Waals surface area contributed by atoms with E-state index in [1.54, 1.807) is 0 Å². The number of likely N-dealkylation sites (N-methyl/N-ethyl adjacent to an activating group) is 1. The Bertz CT molecular complexity index is 513. The van der Waals surface area contributed by atoms with E-state index in [1.165, 1.54) is 0 Å². The van der Waals surface area contributed by atoms with Gasteiger partial charge in [0.1, 0.15) is 13.2 Å². The first-order valence-corrected chi connectivity index (χ1v) is 13.4. The van der Waals surface area contributed by atoms with Crippen LogP contribution in [0.2, 0.25) is 0 Å². The van der Waals surface area contributed by atoms with Gasteiger partial charge in [0, 0.05) is 6.42 Å². The molecule has 0 aliphatic rings. The molecule has 1 amide bonds. The lowest BCUT2D eigenvalue weighted by Crippen LogP contribution is -2.46. The number of phosphoric ester groups is 1. The highest BCUT2D eigenvalue weighted by atomic mass is 31.2. The zero-order valence-electron chi connectivity index (χ0n) is 20.5. The smallest absolute Gasteiger partial charge is 0.391 e. The quantitative estimate of drug-likeness (QED) is 0.142. The molecule has 31 heavy (non-hydrogen) atoms. The van der Waals surface area contributed by atoms with Crippen LogP contribution in [0.3, 0.4) is 0 Å². The van der Waals surface area contributed by atoms with Crippen molar-refractivity contribution in [1.29, 1.82) is 0 Å². The molecule has 0 fully saturated rings. The molecular weight excluding hydrogens is 419 g/mol. The Kier molecular flexibility index (Phi) is 16.8. The molecule has 0 saturated heterocycles. The number of aliphatic hydroxyl groups excluding tert-OH is 1. The zero-order chi connectivity index (χ0) is 23.8. The second-order valence-corrected chi connectivity index (χ2v) is 10.8. The summed E-state index contributed by atoms with van der Waals surface area (Å²) in [5.41, 5.74) is 0. The van der Waals surface area contributed by atoms with Crippen molar-refractivity contribution in [3.05, 3.63) is 0 Å². The van der Waals surface area contributed by atoms with Crippen molar-refractivity contribution in [1.82, 2.24) is 5.32 Å². The van der Waals surface area contributed by atoms with E-state index < -0.39 is 20.0 Å². The summed E-state index contributed by atoms with van der Waals surface area (Å²) in [6.45, 7) is 4.61. The van der Waals surface area contributed by atoms with Gasteiger partial charge >= 0.3 is 7.82 Å². The molecule has 0 saturated carbocycles. The van der Waals surface area contributed by atoms with Gasteiger partial charge in [0.15, 0.2) is 0 Å².